The average molecular weight is 256 g/mol. The quantitative estimate of drug-likeness (QED) is 0.317. The first-order valence-electron chi connectivity index (χ1n) is 6.39. The van der Waals surface area contributed by atoms with Gasteiger partial charge in [-0.05, 0) is 31.6 Å². The molecule has 0 N–H and O–H groups in total. The van der Waals surface area contributed by atoms with Gasteiger partial charge in [-0.2, -0.15) is 0 Å². The van der Waals surface area contributed by atoms with E-state index >= 15 is 0 Å². The number of ether oxygens (including phenoxy) is 3. The molecule has 1 aliphatic carbocycles. The van der Waals surface area contributed by atoms with E-state index in [1.165, 1.54) is 5.57 Å². The maximum Gasteiger partial charge on any atom is 0.333 e. The van der Waals surface area contributed by atoms with Crippen LogP contribution < -0.4 is 0 Å². The molecule has 1 atom stereocenters. The second kappa shape index (κ2) is 6.34. The highest BCUT2D eigenvalue weighted by molar-refractivity contribution is 5.89. The van der Waals surface area contributed by atoms with Crippen molar-refractivity contribution in [2.24, 2.45) is 11.3 Å². The smallest absolute Gasteiger partial charge is 0.333 e. The third kappa shape index (κ3) is 3.12. The van der Waals surface area contributed by atoms with Crippen LogP contribution in [0.3, 0.4) is 0 Å². The van der Waals surface area contributed by atoms with Crippen molar-refractivity contribution in [2.75, 3.05) is 27.1 Å². The van der Waals surface area contributed by atoms with Crippen LogP contribution in [0.25, 0.3) is 0 Å². The fourth-order valence-corrected chi connectivity index (χ4v) is 2.42. The monoisotopic (exact) mass is 256 g/mol. The number of methoxy groups -OCH3 is 1. The zero-order chi connectivity index (χ0) is 13.8. The topological polar surface area (TPSA) is 44.8 Å². The van der Waals surface area contributed by atoms with E-state index in [0.717, 1.165) is 12.0 Å². The molecule has 1 fully saturated rings. The fraction of sp³-hybridized carbons (Fsp3) is 0.786. The van der Waals surface area contributed by atoms with Crippen LogP contribution in [0.5, 0.6) is 0 Å². The van der Waals surface area contributed by atoms with E-state index in [1.54, 1.807) is 7.11 Å². The number of rotatable bonds is 6. The molecule has 104 valence electrons. The summed E-state index contributed by atoms with van der Waals surface area (Å²) in [7, 11) is 1.61. The number of allylic oxidation sites excluding steroid dienone is 1. The SMILES string of the molecule is CCOC(=O)C(C)=C1CC(COCOC)C1(C)C. The summed E-state index contributed by atoms with van der Waals surface area (Å²) in [6.45, 7) is 9.38. The summed E-state index contributed by atoms with van der Waals surface area (Å²) in [5, 5.41) is 0. The molecule has 0 aromatic rings. The lowest BCUT2D eigenvalue weighted by Gasteiger charge is -2.48. The van der Waals surface area contributed by atoms with E-state index < -0.39 is 0 Å². The molecule has 0 aromatic heterocycles. The van der Waals surface area contributed by atoms with Gasteiger partial charge in [0.25, 0.3) is 0 Å². The Hall–Kier alpha value is -0.870. The zero-order valence-corrected chi connectivity index (χ0v) is 12.0. The molecule has 0 heterocycles. The molecule has 0 saturated heterocycles. The first kappa shape index (κ1) is 15.2. The van der Waals surface area contributed by atoms with Crippen LogP contribution in [0.1, 0.15) is 34.1 Å². The highest BCUT2D eigenvalue weighted by Crippen LogP contribution is 2.52. The fourth-order valence-electron chi connectivity index (χ4n) is 2.42. The molecule has 1 unspecified atom stereocenters. The third-order valence-electron chi connectivity index (χ3n) is 3.80. The second-order valence-corrected chi connectivity index (χ2v) is 5.22. The molecule has 4 heteroatoms. The summed E-state index contributed by atoms with van der Waals surface area (Å²) in [6.07, 6.45) is 0.904. The van der Waals surface area contributed by atoms with Crippen LogP contribution in [0.4, 0.5) is 0 Å². The first-order chi connectivity index (χ1) is 8.45. The standard InChI is InChI=1S/C14H24O4/c1-6-18-13(15)10(2)12-7-11(14(12,3)4)8-17-9-16-5/h11H,6-9H2,1-5H3. The Bertz CT molecular complexity index is 331. The third-order valence-corrected chi connectivity index (χ3v) is 3.80. The van der Waals surface area contributed by atoms with Gasteiger partial charge < -0.3 is 14.2 Å². The normalized spacial score (nSPS) is 24.4. The van der Waals surface area contributed by atoms with Gasteiger partial charge in [-0.25, -0.2) is 4.79 Å². The number of hydrogen-bond donors (Lipinski definition) is 0. The van der Waals surface area contributed by atoms with Crippen LogP contribution >= 0.6 is 0 Å². The predicted molar refractivity (Wildman–Crippen MR) is 69.0 cm³/mol. The molecule has 0 bridgehead atoms. The van der Waals surface area contributed by atoms with Gasteiger partial charge in [-0.3, -0.25) is 0 Å². The Labute approximate surface area is 109 Å². The van der Waals surface area contributed by atoms with Crippen molar-refractivity contribution >= 4 is 5.97 Å². The summed E-state index contributed by atoms with van der Waals surface area (Å²) >= 11 is 0. The van der Waals surface area contributed by atoms with Crippen molar-refractivity contribution in [2.45, 2.75) is 34.1 Å². The van der Waals surface area contributed by atoms with E-state index in [2.05, 4.69) is 13.8 Å². The Morgan fingerprint density at radius 3 is 2.61 bits per heavy atom. The van der Waals surface area contributed by atoms with Crippen LogP contribution in [0.2, 0.25) is 0 Å². The summed E-state index contributed by atoms with van der Waals surface area (Å²) in [4.78, 5) is 11.7. The highest BCUT2D eigenvalue weighted by atomic mass is 16.7. The second-order valence-electron chi connectivity index (χ2n) is 5.22. The lowest BCUT2D eigenvalue weighted by molar-refractivity contribution is -0.138. The van der Waals surface area contributed by atoms with Gasteiger partial charge in [-0.1, -0.05) is 19.4 Å². The van der Waals surface area contributed by atoms with Gasteiger partial charge in [0.05, 0.1) is 13.2 Å². The zero-order valence-electron chi connectivity index (χ0n) is 12.0. The van der Waals surface area contributed by atoms with E-state index in [1.807, 2.05) is 13.8 Å². The minimum Gasteiger partial charge on any atom is -0.463 e. The van der Waals surface area contributed by atoms with E-state index in [0.29, 0.717) is 25.9 Å². The van der Waals surface area contributed by atoms with Gasteiger partial charge in [0, 0.05) is 12.7 Å². The molecule has 1 saturated carbocycles. The molecule has 4 nitrogen and oxygen atoms in total. The maximum atomic E-state index is 11.7. The van der Waals surface area contributed by atoms with Crippen LogP contribution in [-0.2, 0) is 19.0 Å². The van der Waals surface area contributed by atoms with E-state index in [-0.39, 0.29) is 11.4 Å². The molecule has 0 aromatic carbocycles. The Morgan fingerprint density at radius 1 is 1.44 bits per heavy atom. The molecule has 1 aliphatic rings. The van der Waals surface area contributed by atoms with Crippen LogP contribution in [0, 0.1) is 11.3 Å². The Kier molecular flexibility index (Phi) is 5.35. The lowest BCUT2D eigenvalue weighted by atomic mass is 9.57. The number of hydrogen-bond acceptors (Lipinski definition) is 4. The predicted octanol–water partition coefficient (Wildman–Crippen LogP) is 2.53. The van der Waals surface area contributed by atoms with Crippen molar-refractivity contribution in [3.8, 4) is 0 Å². The highest BCUT2D eigenvalue weighted by Gasteiger charge is 2.45. The van der Waals surface area contributed by atoms with Crippen LogP contribution in [-0.4, -0.2) is 33.1 Å². The summed E-state index contributed by atoms with van der Waals surface area (Å²) < 4.78 is 15.3. The minimum absolute atomic E-state index is 0.00455. The lowest BCUT2D eigenvalue weighted by Crippen LogP contribution is -2.42. The van der Waals surface area contributed by atoms with E-state index in [9.17, 15) is 4.79 Å². The van der Waals surface area contributed by atoms with Gasteiger partial charge in [0.2, 0.25) is 0 Å². The molecule has 1 rings (SSSR count). The average Bonchev–Trinajstić information content (AvgIpc) is 2.32. The molecular formula is C14H24O4. The summed E-state index contributed by atoms with van der Waals surface area (Å²) in [5.41, 5.74) is 1.95. The van der Waals surface area contributed by atoms with Crippen molar-refractivity contribution in [1.29, 1.82) is 0 Å². The van der Waals surface area contributed by atoms with Crippen molar-refractivity contribution in [1.82, 2.24) is 0 Å². The van der Waals surface area contributed by atoms with Gasteiger partial charge >= 0.3 is 5.97 Å². The van der Waals surface area contributed by atoms with Gasteiger partial charge in [0.1, 0.15) is 6.79 Å². The number of carbonyl (C=O) groups excluding carboxylic acids is 1. The largest absolute Gasteiger partial charge is 0.463 e. The molecule has 0 radical (unpaired) electrons. The van der Waals surface area contributed by atoms with Crippen molar-refractivity contribution in [3.63, 3.8) is 0 Å². The Balaban J connectivity index is 2.62. The molecule has 0 amide bonds. The van der Waals surface area contributed by atoms with Gasteiger partial charge in [-0.15, -0.1) is 0 Å². The maximum absolute atomic E-state index is 11.7. The minimum atomic E-state index is -0.197. The summed E-state index contributed by atoms with van der Waals surface area (Å²) in [5.74, 6) is 0.240. The van der Waals surface area contributed by atoms with Gasteiger partial charge in [0.15, 0.2) is 0 Å². The molecule has 18 heavy (non-hydrogen) atoms. The number of esters is 1. The number of carbonyl (C=O) groups is 1. The Morgan fingerprint density at radius 2 is 2.11 bits per heavy atom. The first-order valence-corrected chi connectivity index (χ1v) is 6.39. The molecule has 0 aliphatic heterocycles. The molecule has 0 spiro atoms. The summed E-state index contributed by atoms with van der Waals surface area (Å²) in [6, 6.07) is 0. The van der Waals surface area contributed by atoms with Crippen LogP contribution in [0.15, 0.2) is 11.1 Å². The van der Waals surface area contributed by atoms with E-state index in [4.69, 9.17) is 14.2 Å². The molecular weight excluding hydrogens is 232 g/mol. The van der Waals surface area contributed by atoms with Crippen molar-refractivity contribution < 1.29 is 19.0 Å². The van der Waals surface area contributed by atoms with Crippen molar-refractivity contribution in [3.05, 3.63) is 11.1 Å².